The average molecular weight is 128 g/mol. The van der Waals surface area contributed by atoms with Crippen LogP contribution in [-0.4, -0.2) is 5.97 Å². The molecule has 0 spiro atoms. The Hall–Kier alpha value is -0.990. The molecule has 9 heavy (non-hydrogen) atoms. The highest BCUT2D eigenvalue weighted by Crippen LogP contribution is 2.00. The number of nitrogens with two attached hydrogens (primary N) is 1. The molecule has 0 aromatic rings. The molecule has 0 unspecified atom stereocenters. The van der Waals surface area contributed by atoms with E-state index >= 15 is 0 Å². The Morgan fingerprint density at radius 1 is 1.67 bits per heavy atom. The first kappa shape index (κ1) is 8.01. The number of carbonyl (C=O) groups excluding carboxylic acids is 1. The summed E-state index contributed by atoms with van der Waals surface area (Å²) in [5.74, 6) is -1.17. The van der Waals surface area contributed by atoms with Crippen LogP contribution in [0, 0.1) is 0 Å². The molecule has 0 rings (SSSR count). The molecule has 0 amide bonds. The average Bonchev–Trinajstić information content (AvgIpc) is 1.64. The van der Waals surface area contributed by atoms with Crippen LogP contribution in [0.4, 0.5) is 0 Å². The van der Waals surface area contributed by atoms with Gasteiger partial charge in [0.25, 0.3) is 0 Å². The summed E-state index contributed by atoms with van der Waals surface area (Å²) in [7, 11) is 0. The van der Waals surface area contributed by atoms with Gasteiger partial charge in [0.05, 0.1) is 5.97 Å². The highest BCUT2D eigenvalue weighted by Gasteiger charge is 1.95. The zero-order valence-electron chi connectivity index (χ0n) is 5.60. The zero-order chi connectivity index (χ0) is 7.44. The molecular formula is C6H10NO2-. The fraction of sp³-hybridized carbons (Fsp3) is 0.500. The Morgan fingerprint density at radius 2 is 2.11 bits per heavy atom. The maximum absolute atomic E-state index is 10.1. The number of carboxylic acids is 1. The van der Waals surface area contributed by atoms with Gasteiger partial charge in [0.1, 0.15) is 0 Å². The molecule has 0 saturated carbocycles. The summed E-state index contributed by atoms with van der Waals surface area (Å²) in [6.07, 6.45) is 0.421. The molecule has 52 valence electrons. The summed E-state index contributed by atoms with van der Waals surface area (Å²) >= 11 is 0. The number of carboxylic acid groups (broad SMARTS) is 1. The van der Waals surface area contributed by atoms with Gasteiger partial charge in [-0.1, -0.05) is 6.92 Å². The molecule has 0 aliphatic carbocycles. The number of aliphatic carboxylic acids is 1. The van der Waals surface area contributed by atoms with Gasteiger partial charge in [0, 0.05) is 5.70 Å². The monoisotopic (exact) mass is 128 g/mol. The third-order valence-corrected chi connectivity index (χ3v) is 1.08. The van der Waals surface area contributed by atoms with Crippen LogP contribution < -0.4 is 10.8 Å². The van der Waals surface area contributed by atoms with Crippen molar-refractivity contribution in [2.45, 2.75) is 20.3 Å². The first-order chi connectivity index (χ1) is 4.09. The molecule has 3 nitrogen and oxygen atoms in total. The molecular weight excluding hydrogens is 118 g/mol. The standard InChI is InChI=1S/C6H11NO2/c1-3-5(4(2)7)6(8)9/h3,7H2,1-2H3,(H,8,9)/p-1. The van der Waals surface area contributed by atoms with E-state index < -0.39 is 5.97 Å². The van der Waals surface area contributed by atoms with Gasteiger partial charge >= 0.3 is 0 Å². The molecule has 0 heterocycles. The quantitative estimate of drug-likeness (QED) is 0.504. The Balaban J connectivity index is 4.35. The van der Waals surface area contributed by atoms with E-state index in [1.807, 2.05) is 0 Å². The molecule has 2 N–H and O–H groups in total. The molecule has 0 aromatic carbocycles. The van der Waals surface area contributed by atoms with Crippen LogP contribution in [0.25, 0.3) is 0 Å². The zero-order valence-corrected chi connectivity index (χ0v) is 5.60. The third kappa shape index (κ3) is 2.17. The predicted octanol–water partition coefficient (Wildman–Crippen LogP) is -0.621. The predicted molar refractivity (Wildman–Crippen MR) is 32.2 cm³/mol. The Labute approximate surface area is 54.2 Å². The second kappa shape index (κ2) is 3.12. The molecule has 0 saturated heterocycles. The summed E-state index contributed by atoms with van der Waals surface area (Å²) in [6, 6.07) is 0. The summed E-state index contributed by atoms with van der Waals surface area (Å²) < 4.78 is 0. The lowest BCUT2D eigenvalue weighted by molar-refractivity contribution is -0.299. The topological polar surface area (TPSA) is 66.1 Å². The molecule has 0 radical (unpaired) electrons. The highest BCUT2D eigenvalue weighted by atomic mass is 16.4. The van der Waals surface area contributed by atoms with Crippen LogP contribution in [0.1, 0.15) is 20.3 Å². The van der Waals surface area contributed by atoms with Crippen molar-refractivity contribution in [2.75, 3.05) is 0 Å². The summed E-state index contributed by atoms with van der Waals surface area (Å²) in [6.45, 7) is 3.27. The van der Waals surface area contributed by atoms with Crippen LogP contribution >= 0.6 is 0 Å². The molecule has 0 aliphatic heterocycles. The van der Waals surface area contributed by atoms with Crippen molar-refractivity contribution in [3.05, 3.63) is 11.3 Å². The fourth-order valence-electron chi connectivity index (χ4n) is 0.584. The van der Waals surface area contributed by atoms with Crippen molar-refractivity contribution in [3.8, 4) is 0 Å². The van der Waals surface area contributed by atoms with Gasteiger partial charge in [0.2, 0.25) is 0 Å². The molecule has 0 fully saturated rings. The van der Waals surface area contributed by atoms with Crippen molar-refractivity contribution in [2.24, 2.45) is 5.73 Å². The van der Waals surface area contributed by atoms with E-state index in [1.165, 1.54) is 0 Å². The van der Waals surface area contributed by atoms with E-state index in [0.29, 0.717) is 12.1 Å². The SMILES string of the molecule is CCC(C(=O)[O-])=C(C)N. The second-order valence-electron chi connectivity index (χ2n) is 1.80. The van der Waals surface area contributed by atoms with Crippen molar-refractivity contribution in [1.82, 2.24) is 0 Å². The summed E-state index contributed by atoms with van der Waals surface area (Å²) in [5.41, 5.74) is 5.73. The van der Waals surface area contributed by atoms with Gasteiger partial charge in [-0.2, -0.15) is 0 Å². The van der Waals surface area contributed by atoms with Gasteiger partial charge in [0.15, 0.2) is 0 Å². The number of hydrogen-bond acceptors (Lipinski definition) is 3. The minimum atomic E-state index is -1.17. The van der Waals surface area contributed by atoms with E-state index in [4.69, 9.17) is 5.73 Å². The first-order valence-corrected chi connectivity index (χ1v) is 2.76. The second-order valence-corrected chi connectivity index (χ2v) is 1.80. The lowest BCUT2D eigenvalue weighted by Gasteiger charge is -2.06. The van der Waals surface area contributed by atoms with E-state index in [1.54, 1.807) is 13.8 Å². The molecule has 0 bridgehead atoms. The lowest BCUT2D eigenvalue weighted by atomic mass is 10.2. The lowest BCUT2D eigenvalue weighted by Crippen LogP contribution is -2.26. The number of allylic oxidation sites excluding steroid dienone is 1. The maximum Gasteiger partial charge on any atom is 0.0691 e. The molecule has 0 aliphatic rings. The minimum absolute atomic E-state index is 0.190. The summed E-state index contributed by atoms with van der Waals surface area (Å²) in [5, 5.41) is 10.1. The van der Waals surface area contributed by atoms with Crippen molar-refractivity contribution in [1.29, 1.82) is 0 Å². The van der Waals surface area contributed by atoms with Gasteiger partial charge in [-0.05, 0) is 18.9 Å². The van der Waals surface area contributed by atoms with Crippen LogP contribution in [0.3, 0.4) is 0 Å². The van der Waals surface area contributed by atoms with Crippen molar-refractivity contribution < 1.29 is 9.90 Å². The van der Waals surface area contributed by atoms with Crippen LogP contribution in [-0.2, 0) is 4.79 Å². The minimum Gasteiger partial charge on any atom is -0.545 e. The molecule has 0 atom stereocenters. The van der Waals surface area contributed by atoms with Gasteiger partial charge in [-0.15, -0.1) is 0 Å². The van der Waals surface area contributed by atoms with Gasteiger partial charge in [-0.25, -0.2) is 0 Å². The van der Waals surface area contributed by atoms with Crippen LogP contribution in [0.5, 0.6) is 0 Å². The largest absolute Gasteiger partial charge is 0.545 e. The van der Waals surface area contributed by atoms with Crippen LogP contribution in [0.15, 0.2) is 11.3 Å². The van der Waals surface area contributed by atoms with E-state index in [-0.39, 0.29) is 5.57 Å². The Morgan fingerprint density at radius 3 is 2.11 bits per heavy atom. The third-order valence-electron chi connectivity index (χ3n) is 1.08. The van der Waals surface area contributed by atoms with Crippen molar-refractivity contribution >= 4 is 5.97 Å². The first-order valence-electron chi connectivity index (χ1n) is 2.76. The van der Waals surface area contributed by atoms with Crippen LogP contribution in [0.2, 0.25) is 0 Å². The number of carbonyl (C=O) groups is 1. The fourth-order valence-corrected chi connectivity index (χ4v) is 0.584. The highest BCUT2D eigenvalue weighted by molar-refractivity contribution is 5.85. The van der Waals surface area contributed by atoms with E-state index in [2.05, 4.69) is 0 Å². The maximum atomic E-state index is 10.1. The Bertz CT molecular complexity index is 145. The number of hydrogen-bond donors (Lipinski definition) is 1. The van der Waals surface area contributed by atoms with Crippen molar-refractivity contribution in [3.63, 3.8) is 0 Å². The normalized spacial score (nSPS) is 12.7. The molecule has 3 heteroatoms. The van der Waals surface area contributed by atoms with Gasteiger partial charge < -0.3 is 15.6 Å². The smallest absolute Gasteiger partial charge is 0.0691 e. The van der Waals surface area contributed by atoms with Gasteiger partial charge in [-0.3, -0.25) is 0 Å². The Kier molecular flexibility index (Phi) is 2.78. The molecule has 0 aromatic heterocycles. The summed E-state index contributed by atoms with van der Waals surface area (Å²) in [4.78, 5) is 10.1. The van der Waals surface area contributed by atoms with E-state index in [0.717, 1.165) is 0 Å². The number of rotatable bonds is 2. The van der Waals surface area contributed by atoms with E-state index in [9.17, 15) is 9.90 Å².